The molecule has 1 aromatic rings. The van der Waals surface area contributed by atoms with Crippen LogP contribution in [0.4, 0.5) is 0 Å². The maximum Gasteiger partial charge on any atom is 0.262 e. The van der Waals surface area contributed by atoms with Crippen molar-refractivity contribution < 1.29 is 8.42 Å². The minimum absolute atomic E-state index is 0.126. The summed E-state index contributed by atoms with van der Waals surface area (Å²) in [5, 5.41) is 17.1. The fraction of sp³-hybridized carbons (Fsp3) is 0. The van der Waals surface area contributed by atoms with Crippen LogP contribution in [0.3, 0.4) is 0 Å². The van der Waals surface area contributed by atoms with Crippen molar-refractivity contribution in [2.75, 3.05) is 0 Å². The van der Waals surface area contributed by atoms with Crippen molar-refractivity contribution in [3.63, 3.8) is 0 Å². The molecule has 0 radical (unpaired) electrons. The van der Waals surface area contributed by atoms with Crippen LogP contribution in [0.2, 0.25) is 0 Å². The Morgan fingerprint density at radius 1 is 1.21 bits per heavy atom. The zero-order valence-electron chi connectivity index (χ0n) is 6.73. The maximum atomic E-state index is 10.9. The van der Waals surface area contributed by atoms with Gasteiger partial charge in [0.25, 0.3) is 9.05 Å². The largest absolute Gasteiger partial charge is 0.262 e. The van der Waals surface area contributed by atoms with Gasteiger partial charge in [-0.2, -0.15) is 10.5 Å². The monoisotopic (exact) mass is 226 g/mol. The van der Waals surface area contributed by atoms with E-state index in [1.165, 1.54) is 12.1 Å². The van der Waals surface area contributed by atoms with Crippen LogP contribution in [-0.4, -0.2) is 8.42 Å². The summed E-state index contributed by atoms with van der Waals surface area (Å²) in [5.41, 5.74) is 0.0877. The van der Waals surface area contributed by atoms with Crippen LogP contribution in [0.1, 0.15) is 11.1 Å². The van der Waals surface area contributed by atoms with Crippen LogP contribution in [-0.2, 0) is 9.05 Å². The fourth-order valence-corrected chi connectivity index (χ4v) is 1.90. The first kappa shape index (κ1) is 10.5. The summed E-state index contributed by atoms with van der Waals surface area (Å²) < 4.78 is 21.9. The molecule has 0 saturated carbocycles. The van der Waals surface area contributed by atoms with E-state index in [0.29, 0.717) is 0 Å². The van der Waals surface area contributed by atoms with Gasteiger partial charge in [-0.05, 0) is 18.2 Å². The lowest BCUT2D eigenvalue weighted by atomic mass is 10.1. The molecule has 1 rings (SSSR count). The van der Waals surface area contributed by atoms with Crippen LogP contribution in [0.15, 0.2) is 23.1 Å². The van der Waals surface area contributed by atoms with E-state index < -0.39 is 9.05 Å². The van der Waals surface area contributed by atoms with Crippen molar-refractivity contribution >= 4 is 19.7 Å². The second-order valence-corrected chi connectivity index (χ2v) is 4.91. The van der Waals surface area contributed by atoms with Crippen LogP contribution < -0.4 is 0 Å². The van der Waals surface area contributed by atoms with Gasteiger partial charge in [0.15, 0.2) is 0 Å². The highest BCUT2D eigenvalue weighted by Crippen LogP contribution is 2.20. The molecule has 0 aromatic heterocycles. The smallest absolute Gasteiger partial charge is 0.207 e. The minimum atomic E-state index is -3.93. The van der Waals surface area contributed by atoms with E-state index in [9.17, 15) is 8.42 Å². The molecule has 4 nitrogen and oxygen atoms in total. The summed E-state index contributed by atoms with van der Waals surface area (Å²) in [6.45, 7) is 0. The van der Waals surface area contributed by atoms with Crippen LogP contribution >= 0.6 is 10.7 Å². The topological polar surface area (TPSA) is 81.7 Å². The van der Waals surface area contributed by atoms with Crippen LogP contribution in [0.5, 0.6) is 0 Å². The number of nitrogens with zero attached hydrogens (tertiary/aromatic N) is 2. The van der Waals surface area contributed by atoms with Crippen molar-refractivity contribution in [2.45, 2.75) is 4.90 Å². The number of rotatable bonds is 1. The molecule has 0 bridgehead atoms. The molecule has 0 saturated heterocycles. The average molecular weight is 227 g/mol. The first-order valence-corrected chi connectivity index (χ1v) is 5.69. The molecule has 0 heterocycles. The summed E-state index contributed by atoms with van der Waals surface area (Å²) in [5.74, 6) is 0. The van der Waals surface area contributed by atoms with Gasteiger partial charge >= 0.3 is 0 Å². The van der Waals surface area contributed by atoms with Gasteiger partial charge in [0, 0.05) is 10.7 Å². The van der Waals surface area contributed by atoms with Gasteiger partial charge in [0.05, 0.1) is 17.2 Å². The molecule has 0 atom stereocenters. The third kappa shape index (κ3) is 2.02. The lowest BCUT2D eigenvalue weighted by Gasteiger charge is -1.98. The van der Waals surface area contributed by atoms with Gasteiger partial charge in [0.2, 0.25) is 0 Å². The molecular formula is C8H3ClN2O2S. The van der Waals surface area contributed by atoms with Crippen molar-refractivity contribution in [1.29, 1.82) is 10.5 Å². The SMILES string of the molecule is N#Cc1ccc(S(=O)(=O)Cl)c(C#N)c1. The summed E-state index contributed by atoms with van der Waals surface area (Å²) in [4.78, 5) is -0.277. The Kier molecular flexibility index (Phi) is 2.76. The van der Waals surface area contributed by atoms with Crippen molar-refractivity contribution in [1.82, 2.24) is 0 Å². The van der Waals surface area contributed by atoms with Crippen molar-refractivity contribution in [2.24, 2.45) is 0 Å². The van der Waals surface area contributed by atoms with E-state index in [-0.39, 0.29) is 16.0 Å². The standard InChI is InChI=1S/C8H3ClN2O2S/c9-14(12,13)8-2-1-6(4-10)3-7(8)5-11/h1-3H. The van der Waals surface area contributed by atoms with Gasteiger partial charge < -0.3 is 0 Å². The van der Waals surface area contributed by atoms with Gasteiger partial charge in [-0.1, -0.05) is 0 Å². The summed E-state index contributed by atoms with van der Waals surface area (Å²) in [7, 11) is 1.15. The molecule has 0 aliphatic rings. The first-order valence-electron chi connectivity index (χ1n) is 3.38. The van der Waals surface area contributed by atoms with Crippen LogP contribution in [0.25, 0.3) is 0 Å². The molecule has 0 aliphatic carbocycles. The number of benzene rings is 1. The Labute approximate surface area is 85.4 Å². The second kappa shape index (κ2) is 3.67. The molecule has 0 aliphatic heterocycles. The molecular weight excluding hydrogens is 224 g/mol. The Morgan fingerprint density at radius 3 is 2.29 bits per heavy atom. The highest BCUT2D eigenvalue weighted by atomic mass is 35.7. The predicted octanol–water partition coefficient (Wildman–Crippen LogP) is 1.36. The minimum Gasteiger partial charge on any atom is -0.207 e. The number of hydrogen-bond acceptors (Lipinski definition) is 4. The van der Waals surface area contributed by atoms with Crippen molar-refractivity contribution in [3.05, 3.63) is 29.3 Å². The molecule has 0 unspecified atom stereocenters. The third-order valence-electron chi connectivity index (χ3n) is 1.49. The third-order valence-corrected chi connectivity index (χ3v) is 2.87. The van der Waals surface area contributed by atoms with E-state index in [1.807, 2.05) is 0 Å². The van der Waals surface area contributed by atoms with E-state index in [4.69, 9.17) is 21.2 Å². The van der Waals surface area contributed by atoms with Gasteiger partial charge in [-0.3, -0.25) is 0 Å². The molecule has 0 N–H and O–H groups in total. The summed E-state index contributed by atoms with van der Waals surface area (Å²) in [6.07, 6.45) is 0. The zero-order valence-corrected chi connectivity index (χ0v) is 8.30. The number of nitriles is 2. The highest BCUT2D eigenvalue weighted by Gasteiger charge is 2.15. The van der Waals surface area contributed by atoms with Crippen molar-refractivity contribution in [3.8, 4) is 12.1 Å². The van der Waals surface area contributed by atoms with E-state index in [1.54, 1.807) is 12.1 Å². The summed E-state index contributed by atoms with van der Waals surface area (Å²) in [6, 6.07) is 7.06. The lowest BCUT2D eigenvalue weighted by molar-refractivity contribution is 0.609. The molecule has 70 valence electrons. The first-order chi connectivity index (χ1) is 6.49. The molecule has 14 heavy (non-hydrogen) atoms. The fourth-order valence-electron chi connectivity index (χ4n) is 0.900. The highest BCUT2D eigenvalue weighted by molar-refractivity contribution is 8.13. The Hall–Kier alpha value is -1.56. The predicted molar refractivity (Wildman–Crippen MR) is 48.9 cm³/mol. The molecule has 6 heteroatoms. The van der Waals surface area contributed by atoms with E-state index in [0.717, 1.165) is 6.07 Å². The molecule has 0 amide bonds. The Morgan fingerprint density at radius 2 is 1.86 bits per heavy atom. The summed E-state index contributed by atoms with van der Waals surface area (Å²) >= 11 is 0. The second-order valence-electron chi connectivity index (χ2n) is 2.37. The van der Waals surface area contributed by atoms with E-state index in [2.05, 4.69) is 0 Å². The van der Waals surface area contributed by atoms with E-state index >= 15 is 0 Å². The van der Waals surface area contributed by atoms with Crippen LogP contribution in [0, 0.1) is 22.7 Å². The Bertz CT molecular complexity index is 552. The Balaban J connectivity index is 3.53. The lowest BCUT2D eigenvalue weighted by Crippen LogP contribution is -1.95. The van der Waals surface area contributed by atoms with Gasteiger partial charge in [0.1, 0.15) is 11.0 Å². The normalized spacial score (nSPS) is 10.2. The van der Waals surface area contributed by atoms with Gasteiger partial charge in [-0.25, -0.2) is 8.42 Å². The van der Waals surface area contributed by atoms with Gasteiger partial charge in [-0.15, -0.1) is 0 Å². The number of hydrogen-bond donors (Lipinski definition) is 0. The quantitative estimate of drug-likeness (QED) is 0.677. The molecule has 1 aromatic carbocycles. The zero-order chi connectivity index (χ0) is 10.8. The molecule has 0 spiro atoms. The average Bonchev–Trinajstić information content (AvgIpc) is 2.15. The maximum absolute atomic E-state index is 10.9. The number of halogens is 1. The molecule has 0 fully saturated rings.